The minimum atomic E-state index is 0.0468. The molecule has 6 heteroatoms. The van der Waals surface area contributed by atoms with Crippen LogP contribution < -0.4 is 4.90 Å². The van der Waals surface area contributed by atoms with Crippen LogP contribution in [0.25, 0.3) is 10.9 Å². The molecule has 0 atom stereocenters. The number of fused-ring (bicyclic) bond motifs is 1. The third-order valence-corrected chi connectivity index (χ3v) is 5.01. The lowest BCUT2D eigenvalue weighted by molar-refractivity contribution is 0.0741. The van der Waals surface area contributed by atoms with Gasteiger partial charge >= 0.3 is 0 Å². The molecule has 0 bridgehead atoms. The van der Waals surface area contributed by atoms with E-state index in [1.807, 2.05) is 48.2 Å². The zero-order chi connectivity index (χ0) is 17.4. The van der Waals surface area contributed by atoms with E-state index in [1.165, 1.54) is 0 Å². The zero-order valence-corrected chi connectivity index (χ0v) is 14.8. The highest BCUT2D eigenvalue weighted by Crippen LogP contribution is 2.26. The smallest absolute Gasteiger partial charge is 0.270 e. The van der Waals surface area contributed by atoms with Gasteiger partial charge in [0.1, 0.15) is 11.5 Å². The second-order valence-electron chi connectivity index (χ2n) is 6.28. The Morgan fingerprint density at radius 3 is 2.68 bits per heavy atom. The molecule has 128 valence electrons. The highest BCUT2D eigenvalue weighted by molar-refractivity contribution is 6.31. The molecule has 1 fully saturated rings. The maximum atomic E-state index is 12.9. The van der Waals surface area contributed by atoms with Crippen molar-refractivity contribution in [3.63, 3.8) is 0 Å². The summed E-state index contributed by atoms with van der Waals surface area (Å²) in [5.74, 6) is 1.01. The number of anilines is 1. The molecule has 1 aliphatic rings. The molecule has 1 aromatic carbocycles. The van der Waals surface area contributed by atoms with Crippen LogP contribution in [0.2, 0.25) is 5.02 Å². The van der Waals surface area contributed by atoms with Gasteiger partial charge in [0, 0.05) is 48.3 Å². The number of pyridine rings is 1. The standard InChI is InChI=1S/C19H19ClN4O/c1-13-15-6-5-14(20)12-16(15)22-18(13)19(25)24-10-8-23(9-11-24)17-4-2-3-7-21-17/h2-7,12,22H,8-11H2,1H3. The number of benzene rings is 1. The average Bonchev–Trinajstić information content (AvgIpc) is 2.98. The number of amides is 1. The minimum Gasteiger partial charge on any atom is -0.353 e. The SMILES string of the molecule is Cc1c(C(=O)N2CCN(c3ccccn3)CC2)[nH]c2cc(Cl)ccc12. The van der Waals surface area contributed by atoms with Crippen molar-refractivity contribution in [3.8, 4) is 0 Å². The molecular formula is C19H19ClN4O. The maximum Gasteiger partial charge on any atom is 0.270 e. The van der Waals surface area contributed by atoms with Crippen molar-refractivity contribution in [2.75, 3.05) is 31.1 Å². The number of nitrogens with zero attached hydrogens (tertiary/aromatic N) is 3. The number of carbonyl (C=O) groups is 1. The molecule has 0 unspecified atom stereocenters. The number of halogens is 1. The number of nitrogens with one attached hydrogen (secondary N) is 1. The van der Waals surface area contributed by atoms with Gasteiger partial charge in [0.25, 0.3) is 5.91 Å². The third-order valence-electron chi connectivity index (χ3n) is 4.77. The second kappa shape index (κ2) is 6.41. The number of hydrogen-bond acceptors (Lipinski definition) is 3. The topological polar surface area (TPSA) is 52.2 Å². The molecular weight excluding hydrogens is 336 g/mol. The summed E-state index contributed by atoms with van der Waals surface area (Å²) in [5, 5.41) is 1.71. The predicted octanol–water partition coefficient (Wildman–Crippen LogP) is 3.49. The number of aryl methyl sites for hydroxylation is 1. The van der Waals surface area contributed by atoms with Crippen LogP contribution in [-0.2, 0) is 0 Å². The second-order valence-corrected chi connectivity index (χ2v) is 6.72. The van der Waals surface area contributed by atoms with Crippen molar-refractivity contribution in [2.45, 2.75) is 6.92 Å². The number of carbonyl (C=O) groups excluding carboxylic acids is 1. The maximum absolute atomic E-state index is 12.9. The lowest BCUT2D eigenvalue weighted by Gasteiger charge is -2.35. The molecule has 5 nitrogen and oxygen atoms in total. The molecule has 0 radical (unpaired) electrons. The number of hydrogen-bond donors (Lipinski definition) is 1. The predicted molar refractivity (Wildman–Crippen MR) is 100 cm³/mol. The van der Waals surface area contributed by atoms with Crippen LogP contribution in [0.3, 0.4) is 0 Å². The normalized spacial score (nSPS) is 15.0. The Labute approximate surface area is 151 Å². The number of rotatable bonds is 2. The molecule has 3 aromatic rings. The van der Waals surface area contributed by atoms with Gasteiger partial charge in [-0.2, -0.15) is 0 Å². The van der Waals surface area contributed by atoms with Gasteiger partial charge in [-0.05, 0) is 36.8 Å². The van der Waals surface area contributed by atoms with Gasteiger partial charge < -0.3 is 14.8 Å². The first-order chi connectivity index (χ1) is 12.1. The Morgan fingerprint density at radius 2 is 1.96 bits per heavy atom. The van der Waals surface area contributed by atoms with Gasteiger partial charge in [0.05, 0.1) is 0 Å². The monoisotopic (exact) mass is 354 g/mol. The zero-order valence-electron chi connectivity index (χ0n) is 14.0. The van der Waals surface area contributed by atoms with Crippen molar-refractivity contribution < 1.29 is 4.79 Å². The molecule has 2 aromatic heterocycles. The van der Waals surface area contributed by atoms with E-state index in [0.717, 1.165) is 35.4 Å². The molecule has 1 saturated heterocycles. The van der Waals surface area contributed by atoms with E-state index in [2.05, 4.69) is 14.9 Å². The van der Waals surface area contributed by atoms with Crippen LogP contribution >= 0.6 is 11.6 Å². The molecule has 0 aliphatic carbocycles. The summed E-state index contributed by atoms with van der Waals surface area (Å²) in [4.78, 5) is 24.7. The van der Waals surface area contributed by atoms with E-state index in [4.69, 9.17) is 11.6 Å². The lowest BCUT2D eigenvalue weighted by Crippen LogP contribution is -2.49. The summed E-state index contributed by atoms with van der Waals surface area (Å²) in [6, 6.07) is 11.6. The third kappa shape index (κ3) is 2.96. The Bertz CT molecular complexity index is 914. The van der Waals surface area contributed by atoms with Crippen molar-refractivity contribution in [1.29, 1.82) is 0 Å². The molecule has 1 aliphatic heterocycles. The first-order valence-electron chi connectivity index (χ1n) is 8.36. The van der Waals surface area contributed by atoms with E-state index in [-0.39, 0.29) is 5.91 Å². The van der Waals surface area contributed by atoms with E-state index >= 15 is 0 Å². The molecule has 3 heterocycles. The summed E-state index contributed by atoms with van der Waals surface area (Å²) < 4.78 is 0. The fourth-order valence-electron chi connectivity index (χ4n) is 3.36. The fraction of sp³-hybridized carbons (Fsp3) is 0.263. The van der Waals surface area contributed by atoms with Gasteiger partial charge in [-0.25, -0.2) is 4.98 Å². The van der Waals surface area contributed by atoms with Gasteiger partial charge in [-0.1, -0.05) is 23.7 Å². The van der Waals surface area contributed by atoms with Gasteiger partial charge in [0.15, 0.2) is 0 Å². The molecule has 1 amide bonds. The van der Waals surface area contributed by atoms with Crippen LogP contribution in [0.4, 0.5) is 5.82 Å². The lowest BCUT2D eigenvalue weighted by atomic mass is 10.1. The van der Waals surface area contributed by atoms with E-state index in [0.29, 0.717) is 23.8 Å². The highest BCUT2D eigenvalue weighted by atomic mass is 35.5. The van der Waals surface area contributed by atoms with Crippen LogP contribution in [-0.4, -0.2) is 47.0 Å². The summed E-state index contributed by atoms with van der Waals surface area (Å²) in [6.07, 6.45) is 1.80. The molecule has 25 heavy (non-hydrogen) atoms. The Morgan fingerprint density at radius 1 is 1.16 bits per heavy atom. The molecule has 0 spiro atoms. The van der Waals surface area contributed by atoms with E-state index in [9.17, 15) is 4.79 Å². The first kappa shape index (κ1) is 16.0. The Balaban J connectivity index is 1.52. The van der Waals surface area contributed by atoms with Crippen LogP contribution in [0.15, 0.2) is 42.6 Å². The first-order valence-corrected chi connectivity index (χ1v) is 8.74. The van der Waals surface area contributed by atoms with Crippen molar-refractivity contribution in [3.05, 3.63) is 58.9 Å². The largest absolute Gasteiger partial charge is 0.353 e. The van der Waals surface area contributed by atoms with E-state index < -0.39 is 0 Å². The average molecular weight is 355 g/mol. The molecule has 4 rings (SSSR count). The van der Waals surface area contributed by atoms with Crippen LogP contribution in [0.5, 0.6) is 0 Å². The van der Waals surface area contributed by atoms with Crippen LogP contribution in [0, 0.1) is 6.92 Å². The van der Waals surface area contributed by atoms with Crippen LogP contribution in [0.1, 0.15) is 16.1 Å². The highest BCUT2D eigenvalue weighted by Gasteiger charge is 2.25. The molecule has 1 N–H and O–H groups in total. The Kier molecular flexibility index (Phi) is 4.09. The fourth-order valence-corrected chi connectivity index (χ4v) is 3.53. The summed E-state index contributed by atoms with van der Waals surface area (Å²) >= 11 is 6.06. The number of H-pyrrole nitrogens is 1. The summed E-state index contributed by atoms with van der Waals surface area (Å²) in [5.41, 5.74) is 2.54. The number of piperazine rings is 1. The van der Waals surface area contributed by atoms with Crippen molar-refractivity contribution in [2.24, 2.45) is 0 Å². The Hall–Kier alpha value is -2.53. The van der Waals surface area contributed by atoms with Gasteiger partial charge in [0.2, 0.25) is 0 Å². The van der Waals surface area contributed by atoms with Crippen molar-refractivity contribution in [1.82, 2.24) is 14.9 Å². The number of aromatic amines is 1. The molecule has 0 saturated carbocycles. The summed E-state index contributed by atoms with van der Waals surface area (Å²) in [6.45, 7) is 4.92. The van der Waals surface area contributed by atoms with Crippen molar-refractivity contribution >= 4 is 34.2 Å². The number of aromatic nitrogens is 2. The van der Waals surface area contributed by atoms with Gasteiger partial charge in [-0.3, -0.25) is 4.79 Å². The quantitative estimate of drug-likeness (QED) is 0.766. The van der Waals surface area contributed by atoms with E-state index in [1.54, 1.807) is 6.20 Å². The minimum absolute atomic E-state index is 0.0468. The van der Waals surface area contributed by atoms with Gasteiger partial charge in [-0.15, -0.1) is 0 Å². The summed E-state index contributed by atoms with van der Waals surface area (Å²) in [7, 11) is 0.